The monoisotopic (exact) mass is 412 g/mol. The van der Waals surface area contributed by atoms with Gasteiger partial charge in [-0.2, -0.15) is 0 Å². The molecule has 1 N–H and O–H groups in total. The Morgan fingerprint density at radius 3 is 2.30 bits per heavy atom. The van der Waals surface area contributed by atoms with Crippen molar-refractivity contribution in [2.45, 2.75) is 59.3 Å². The molecule has 5 heteroatoms. The first kappa shape index (κ1) is 23.5. The number of hydrogen-bond acceptors (Lipinski definition) is 4. The van der Waals surface area contributed by atoms with E-state index in [0.717, 1.165) is 25.0 Å². The lowest BCUT2D eigenvalue weighted by molar-refractivity contribution is 0.0695. The zero-order valence-corrected chi connectivity index (χ0v) is 18.1. The molecule has 0 aliphatic rings. The summed E-state index contributed by atoms with van der Waals surface area (Å²) in [6, 6.07) is 11.6. The quantitative estimate of drug-likeness (QED) is 0.257. The highest BCUT2D eigenvalue weighted by atomic mass is 16.5. The summed E-state index contributed by atoms with van der Waals surface area (Å²) in [6.45, 7) is 6.97. The van der Waals surface area contributed by atoms with Crippen LogP contribution in [-0.4, -0.2) is 23.7 Å². The van der Waals surface area contributed by atoms with Gasteiger partial charge in [0.15, 0.2) is 0 Å². The maximum absolute atomic E-state index is 12.5. The predicted octanol–water partition coefficient (Wildman–Crippen LogP) is 6.15. The largest absolute Gasteiger partial charge is 0.494 e. The summed E-state index contributed by atoms with van der Waals surface area (Å²) in [5.74, 6) is -0.0497. The first-order valence-corrected chi connectivity index (χ1v) is 10.8. The molecule has 2 aromatic rings. The second-order valence-corrected chi connectivity index (χ2v) is 7.66. The molecule has 0 fully saturated rings. The smallest absolute Gasteiger partial charge is 0.343 e. The van der Waals surface area contributed by atoms with Crippen LogP contribution in [0.15, 0.2) is 42.5 Å². The van der Waals surface area contributed by atoms with Crippen molar-refractivity contribution in [1.29, 1.82) is 0 Å². The van der Waals surface area contributed by atoms with Gasteiger partial charge in [0.25, 0.3) is 0 Å². The molecular formula is C25H32O5. The van der Waals surface area contributed by atoms with Crippen LogP contribution in [0.5, 0.6) is 11.5 Å². The van der Waals surface area contributed by atoms with E-state index >= 15 is 0 Å². The summed E-state index contributed by atoms with van der Waals surface area (Å²) in [5.41, 5.74) is 1.34. The highest BCUT2D eigenvalue weighted by Gasteiger charge is 2.15. The lowest BCUT2D eigenvalue weighted by atomic mass is 9.95. The highest BCUT2D eigenvalue weighted by molar-refractivity contribution is 5.92. The topological polar surface area (TPSA) is 72.8 Å². The second-order valence-electron chi connectivity index (χ2n) is 7.66. The van der Waals surface area contributed by atoms with Gasteiger partial charge >= 0.3 is 11.9 Å². The number of unbranched alkanes of at least 4 members (excludes halogenated alkanes) is 3. The zero-order valence-electron chi connectivity index (χ0n) is 18.1. The lowest BCUT2D eigenvalue weighted by Crippen LogP contribution is -2.11. The van der Waals surface area contributed by atoms with Crippen LogP contribution in [0.2, 0.25) is 0 Å². The number of rotatable bonds is 12. The number of esters is 1. The number of carbonyl (C=O) groups excluding carboxylic acids is 1. The number of carboxylic acid groups (broad SMARTS) is 1. The Labute approximate surface area is 179 Å². The van der Waals surface area contributed by atoms with E-state index in [-0.39, 0.29) is 5.56 Å². The van der Waals surface area contributed by atoms with E-state index in [4.69, 9.17) is 9.47 Å². The van der Waals surface area contributed by atoms with Crippen molar-refractivity contribution in [2.75, 3.05) is 6.61 Å². The summed E-state index contributed by atoms with van der Waals surface area (Å²) in [5, 5.41) is 9.41. The molecule has 0 aromatic heterocycles. The fourth-order valence-corrected chi connectivity index (χ4v) is 3.10. The normalized spacial score (nSPS) is 11.7. The van der Waals surface area contributed by atoms with Crippen LogP contribution in [0.3, 0.4) is 0 Å². The Kier molecular flexibility index (Phi) is 9.39. The minimum Gasteiger partial charge on any atom is -0.494 e. The molecule has 0 aliphatic heterocycles. The lowest BCUT2D eigenvalue weighted by Gasteiger charge is -2.13. The Morgan fingerprint density at radius 1 is 0.967 bits per heavy atom. The molecule has 162 valence electrons. The second kappa shape index (κ2) is 12.0. The molecule has 0 amide bonds. The minimum atomic E-state index is -0.975. The average Bonchev–Trinajstić information content (AvgIpc) is 2.73. The molecule has 0 saturated heterocycles. The standard InChI is InChI=1S/C25H32O5/c1-4-6-7-8-15-29-21-11-9-19(10-12-21)25(28)30-22-13-14-23(24(26)27)20(17-22)16-18(3)5-2/h9-14,17-18H,4-8,15-16H2,1-3H3,(H,26,27). The minimum absolute atomic E-state index is 0.246. The molecule has 1 atom stereocenters. The summed E-state index contributed by atoms with van der Waals surface area (Å²) in [6.07, 6.45) is 6.13. The summed E-state index contributed by atoms with van der Waals surface area (Å²) >= 11 is 0. The van der Waals surface area contributed by atoms with E-state index in [2.05, 4.69) is 20.8 Å². The molecule has 0 aliphatic carbocycles. The molecule has 0 bridgehead atoms. The van der Waals surface area contributed by atoms with Crippen LogP contribution in [-0.2, 0) is 6.42 Å². The van der Waals surface area contributed by atoms with E-state index in [1.807, 2.05) is 0 Å². The molecule has 0 spiro atoms. The van der Waals surface area contributed by atoms with Crippen molar-refractivity contribution in [3.8, 4) is 11.5 Å². The summed E-state index contributed by atoms with van der Waals surface area (Å²) in [4.78, 5) is 24.0. The molecular weight excluding hydrogens is 380 g/mol. The number of aromatic carboxylic acids is 1. The van der Waals surface area contributed by atoms with E-state index in [9.17, 15) is 14.7 Å². The summed E-state index contributed by atoms with van der Waals surface area (Å²) in [7, 11) is 0. The van der Waals surface area contributed by atoms with Gasteiger partial charge in [0.2, 0.25) is 0 Å². The maximum Gasteiger partial charge on any atom is 0.343 e. The Hall–Kier alpha value is -2.82. The van der Waals surface area contributed by atoms with Gasteiger partial charge < -0.3 is 14.6 Å². The SMILES string of the molecule is CCCCCCOc1ccc(C(=O)Oc2ccc(C(=O)O)c(CC(C)CC)c2)cc1. The van der Waals surface area contributed by atoms with Crippen molar-refractivity contribution >= 4 is 11.9 Å². The number of benzene rings is 2. The van der Waals surface area contributed by atoms with Crippen molar-refractivity contribution in [1.82, 2.24) is 0 Å². The number of ether oxygens (including phenoxy) is 2. The van der Waals surface area contributed by atoms with Gasteiger partial charge in [-0.15, -0.1) is 0 Å². The molecule has 30 heavy (non-hydrogen) atoms. The highest BCUT2D eigenvalue weighted by Crippen LogP contribution is 2.23. The molecule has 1 unspecified atom stereocenters. The van der Waals surface area contributed by atoms with Crippen LogP contribution in [0.4, 0.5) is 0 Å². The Balaban J connectivity index is 2.01. The number of carboxylic acids is 1. The fourth-order valence-electron chi connectivity index (χ4n) is 3.10. The molecule has 5 nitrogen and oxygen atoms in total. The van der Waals surface area contributed by atoms with Crippen LogP contribution in [0.1, 0.15) is 79.2 Å². The van der Waals surface area contributed by atoms with Gasteiger partial charge in [-0.1, -0.05) is 46.5 Å². The first-order valence-electron chi connectivity index (χ1n) is 10.8. The van der Waals surface area contributed by atoms with E-state index in [1.54, 1.807) is 30.3 Å². The van der Waals surface area contributed by atoms with Crippen LogP contribution >= 0.6 is 0 Å². The van der Waals surface area contributed by atoms with E-state index < -0.39 is 11.9 Å². The van der Waals surface area contributed by atoms with Gasteiger partial charge in [0, 0.05) is 0 Å². The maximum atomic E-state index is 12.5. The van der Waals surface area contributed by atoms with E-state index in [0.29, 0.717) is 35.8 Å². The Bertz CT molecular complexity index is 826. The van der Waals surface area contributed by atoms with Gasteiger partial charge in [-0.25, -0.2) is 9.59 Å². The van der Waals surface area contributed by atoms with Crippen molar-refractivity contribution in [3.63, 3.8) is 0 Å². The van der Waals surface area contributed by atoms with E-state index in [1.165, 1.54) is 25.0 Å². The van der Waals surface area contributed by atoms with Gasteiger partial charge in [0.1, 0.15) is 11.5 Å². The third-order valence-corrected chi connectivity index (χ3v) is 5.14. The molecule has 0 radical (unpaired) electrons. The molecule has 2 rings (SSSR count). The third-order valence-electron chi connectivity index (χ3n) is 5.14. The van der Waals surface area contributed by atoms with Crippen molar-refractivity contribution < 1.29 is 24.2 Å². The average molecular weight is 413 g/mol. The van der Waals surface area contributed by atoms with Crippen LogP contribution < -0.4 is 9.47 Å². The Morgan fingerprint density at radius 2 is 1.67 bits per heavy atom. The summed E-state index contributed by atoms with van der Waals surface area (Å²) < 4.78 is 11.2. The van der Waals surface area contributed by atoms with Gasteiger partial charge in [0.05, 0.1) is 17.7 Å². The van der Waals surface area contributed by atoms with Crippen LogP contribution in [0.25, 0.3) is 0 Å². The van der Waals surface area contributed by atoms with Crippen molar-refractivity contribution in [2.24, 2.45) is 5.92 Å². The van der Waals surface area contributed by atoms with Gasteiger partial charge in [-0.3, -0.25) is 0 Å². The molecule has 0 saturated carbocycles. The third kappa shape index (κ3) is 7.21. The first-order chi connectivity index (χ1) is 14.4. The predicted molar refractivity (Wildman–Crippen MR) is 118 cm³/mol. The number of carbonyl (C=O) groups is 2. The van der Waals surface area contributed by atoms with Crippen LogP contribution in [0, 0.1) is 5.92 Å². The molecule has 0 heterocycles. The van der Waals surface area contributed by atoms with Crippen molar-refractivity contribution in [3.05, 3.63) is 59.2 Å². The van der Waals surface area contributed by atoms with Gasteiger partial charge in [-0.05, 0) is 66.8 Å². The molecule has 2 aromatic carbocycles. The number of hydrogen-bond donors (Lipinski definition) is 1. The zero-order chi connectivity index (χ0) is 21.9. The fraction of sp³-hybridized carbons (Fsp3) is 0.440.